The maximum atomic E-state index is 12.7. The molecule has 1 N–H and O–H groups in total. The van der Waals surface area contributed by atoms with Crippen LogP contribution < -0.4 is 5.32 Å². The summed E-state index contributed by atoms with van der Waals surface area (Å²) in [4.78, 5) is 40.0. The number of piperidine rings is 1. The lowest BCUT2D eigenvalue weighted by atomic mass is 10.00. The Morgan fingerprint density at radius 2 is 2.00 bits per heavy atom. The van der Waals surface area contributed by atoms with Gasteiger partial charge < -0.3 is 15.0 Å². The van der Waals surface area contributed by atoms with Crippen molar-refractivity contribution in [2.75, 3.05) is 24.2 Å². The summed E-state index contributed by atoms with van der Waals surface area (Å²) in [6.07, 6.45) is 3.96. The molecule has 1 aliphatic heterocycles. The van der Waals surface area contributed by atoms with E-state index in [4.69, 9.17) is 10.00 Å². The first-order valence-corrected chi connectivity index (χ1v) is 12.0. The quantitative estimate of drug-likeness (QED) is 0.462. The predicted molar refractivity (Wildman–Crippen MR) is 127 cm³/mol. The molecule has 33 heavy (non-hydrogen) atoms. The summed E-state index contributed by atoms with van der Waals surface area (Å²) >= 11 is 1.21. The Balaban J connectivity index is 1.55. The zero-order valence-corrected chi connectivity index (χ0v) is 19.4. The van der Waals surface area contributed by atoms with E-state index in [2.05, 4.69) is 12.2 Å². The number of benzene rings is 2. The number of anilines is 1. The van der Waals surface area contributed by atoms with Crippen molar-refractivity contribution in [1.29, 1.82) is 5.26 Å². The lowest BCUT2D eigenvalue weighted by Gasteiger charge is -2.35. The Morgan fingerprint density at radius 1 is 1.18 bits per heavy atom. The Labute approximate surface area is 198 Å². The molecule has 0 aromatic heterocycles. The van der Waals surface area contributed by atoms with Crippen molar-refractivity contribution in [3.8, 4) is 6.07 Å². The number of amides is 2. The zero-order valence-electron chi connectivity index (χ0n) is 18.6. The van der Waals surface area contributed by atoms with Gasteiger partial charge in [-0.15, -0.1) is 11.8 Å². The minimum Gasteiger partial charge on any atom is -0.452 e. The van der Waals surface area contributed by atoms with Gasteiger partial charge in [-0.25, -0.2) is 4.79 Å². The van der Waals surface area contributed by atoms with Crippen molar-refractivity contribution in [3.63, 3.8) is 0 Å². The highest BCUT2D eigenvalue weighted by Gasteiger charge is 2.26. The number of rotatable bonds is 8. The third-order valence-electron chi connectivity index (χ3n) is 5.49. The lowest BCUT2D eigenvalue weighted by molar-refractivity contribution is -0.138. The first-order chi connectivity index (χ1) is 16.0. The molecule has 0 bridgehead atoms. The van der Waals surface area contributed by atoms with E-state index in [1.807, 2.05) is 11.0 Å². The largest absolute Gasteiger partial charge is 0.452 e. The maximum Gasteiger partial charge on any atom is 0.339 e. The molecule has 0 radical (unpaired) electrons. The first kappa shape index (κ1) is 24.3. The number of carbonyl (C=O) groups excluding carboxylic acids is 3. The molecule has 1 heterocycles. The topological polar surface area (TPSA) is 99.5 Å². The molecule has 172 valence electrons. The van der Waals surface area contributed by atoms with Gasteiger partial charge in [-0.2, -0.15) is 5.26 Å². The molecule has 1 saturated heterocycles. The summed E-state index contributed by atoms with van der Waals surface area (Å²) in [6, 6.07) is 15.7. The highest BCUT2D eigenvalue weighted by Crippen LogP contribution is 2.24. The number of nitriles is 1. The van der Waals surface area contributed by atoms with E-state index in [1.165, 1.54) is 11.8 Å². The Morgan fingerprint density at radius 3 is 2.79 bits per heavy atom. The molecule has 2 amide bonds. The summed E-state index contributed by atoms with van der Waals surface area (Å²) < 4.78 is 5.33. The molecule has 1 aliphatic rings. The lowest BCUT2D eigenvalue weighted by Crippen LogP contribution is -2.45. The van der Waals surface area contributed by atoms with Crippen LogP contribution in [0.2, 0.25) is 0 Å². The van der Waals surface area contributed by atoms with E-state index < -0.39 is 5.97 Å². The number of hydrogen-bond donors (Lipinski definition) is 1. The second-order valence-electron chi connectivity index (χ2n) is 7.75. The highest BCUT2D eigenvalue weighted by atomic mass is 32.2. The van der Waals surface area contributed by atoms with Crippen LogP contribution in [0.5, 0.6) is 0 Å². The third-order valence-corrected chi connectivity index (χ3v) is 6.56. The molecule has 1 unspecified atom stereocenters. The summed E-state index contributed by atoms with van der Waals surface area (Å²) in [5, 5.41) is 11.7. The van der Waals surface area contributed by atoms with Crippen molar-refractivity contribution in [2.45, 2.75) is 43.5 Å². The van der Waals surface area contributed by atoms with Gasteiger partial charge in [0.2, 0.25) is 5.91 Å². The predicted octanol–water partition coefficient (Wildman–Crippen LogP) is 4.24. The second kappa shape index (κ2) is 12.1. The van der Waals surface area contributed by atoms with E-state index in [1.54, 1.807) is 48.5 Å². The van der Waals surface area contributed by atoms with Crippen molar-refractivity contribution >= 4 is 35.2 Å². The van der Waals surface area contributed by atoms with E-state index in [0.717, 1.165) is 25.7 Å². The summed E-state index contributed by atoms with van der Waals surface area (Å²) in [5.74, 6) is -0.937. The van der Waals surface area contributed by atoms with Gasteiger partial charge in [0.15, 0.2) is 6.61 Å². The SMILES string of the molecule is CCC1CCCCN1C(=O)COC(=O)c1ccccc1SCC(=O)Nc1cccc(C#N)c1. The smallest absolute Gasteiger partial charge is 0.339 e. The summed E-state index contributed by atoms with van der Waals surface area (Å²) in [7, 11) is 0. The van der Waals surface area contributed by atoms with Gasteiger partial charge in [-0.3, -0.25) is 9.59 Å². The van der Waals surface area contributed by atoms with Crippen molar-refractivity contribution in [3.05, 3.63) is 59.7 Å². The van der Waals surface area contributed by atoms with Gasteiger partial charge in [0, 0.05) is 23.2 Å². The Bertz CT molecular complexity index is 1050. The van der Waals surface area contributed by atoms with Crippen molar-refractivity contribution < 1.29 is 19.1 Å². The van der Waals surface area contributed by atoms with E-state index in [-0.39, 0.29) is 30.2 Å². The van der Waals surface area contributed by atoms with Crippen molar-refractivity contribution in [2.24, 2.45) is 0 Å². The van der Waals surface area contributed by atoms with E-state index in [0.29, 0.717) is 28.3 Å². The van der Waals surface area contributed by atoms with Crippen LogP contribution in [0.15, 0.2) is 53.4 Å². The van der Waals surface area contributed by atoms with Crippen LogP contribution in [-0.2, 0) is 14.3 Å². The number of hydrogen-bond acceptors (Lipinski definition) is 6. The molecule has 0 aliphatic carbocycles. The molecule has 1 fully saturated rings. The van der Waals surface area contributed by atoms with Gasteiger partial charge >= 0.3 is 5.97 Å². The number of nitrogens with one attached hydrogen (secondary N) is 1. The number of esters is 1. The van der Waals surface area contributed by atoms with Gasteiger partial charge in [0.1, 0.15) is 0 Å². The zero-order chi connectivity index (χ0) is 23.6. The van der Waals surface area contributed by atoms with Crippen LogP contribution in [0.25, 0.3) is 0 Å². The molecule has 0 spiro atoms. The fraction of sp³-hybridized carbons (Fsp3) is 0.360. The normalized spacial score (nSPS) is 15.4. The number of likely N-dealkylation sites (tertiary alicyclic amines) is 1. The van der Waals surface area contributed by atoms with Gasteiger partial charge in [0.25, 0.3) is 5.91 Å². The average Bonchev–Trinajstić information content (AvgIpc) is 2.86. The monoisotopic (exact) mass is 465 g/mol. The molecular weight excluding hydrogens is 438 g/mol. The first-order valence-electron chi connectivity index (χ1n) is 11.0. The van der Waals surface area contributed by atoms with E-state index >= 15 is 0 Å². The van der Waals surface area contributed by atoms with Crippen LogP contribution in [0.4, 0.5) is 5.69 Å². The van der Waals surface area contributed by atoms with Crippen molar-refractivity contribution in [1.82, 2.24) is 4.90 Å². The molecule has 3 rings (SSSR count). The minimum atomic E-state index is -0.585. The number of carbonyl (C=O) groups is 3. The van der Waals surface area contributed by atoms with Crippen LogP contribution in [0.1, 0.15) is 48.5 Å². The van der Waals surface area contributed by atoms with E-state index in [9.17, 15) is 14.4 Å². The molecule has 8 heteroatoms. The number of nitrogens with zero attached hydrogens (tertiary/aromatic N) is 2. The van der Waals surface area contributed by atoms with Gasteiger partial charge in [-0.05, 0) is 56.0 Å². The fourth-order valence-corrected chi connectivity index (χ4v) is 4.65. The van der Waals surface area contributed by atoms with Crippen LogP contribution in [0.3, 0.4) is 0 Å². The number of thioether (sulfide) groups is 1. The maximum absolute atomic E-state index is 12.7. The number of ether oxygens (including phenoxy) is 1. The standard InChI is InChI=1S/C25H27N3O4S/c1-2-20-10-5-6-13-28(20)24(30)16-32-25(31)21-11-3-4-12-22(21)33-17-23(29)27-19-9-7-8-18(14-19)15-26/h3-4,7-9,11-12,14,20H,2,5-6,10,13,16-17H2,1H3,(H,27,29). The molecule has 0 saturated carbocycles. The molecule has 1 atom stereocenters. The van der Waals surface area contributed by atoms with Crippen LogP contribution >= 0.6 is 11.8 Å². The summed E-state index contributed by atoms with van der Waals surface area (Å²) in [6.45, 7) is 2.48. The third kappa shape index (κ3) is 6.83. The minimum absolute atomic E-state index is 0.0754. The molecular formula is C25H27N3O4S. The Kier molecular flexibility index (Phi) is 8.90. The highest BCUT2D eigenvalue weighted by molar-refractivity contribution is 8.00. The van der Waals surface area contributed by atoms with Gasteiger partial charge in [-0.1, -0.05) is 25.1 Å². The molecule has 2 aromatic rings. The Hall–Kier alpha value is -3.31. The van der Waals surface area contributed by atoms with Crippen LogP contribution in [0, 0.1) is 11.3 Å². The van der Waals surface area contributed by atoms with Crippen LogP contribution in [-0.4, -0.2) is 47.6 Å². The fourth-order valence-electron chi connectivity index (χ4n) is 3.81. The van der Waals surface area contributed by atoms with Gasteiger partial charge in [0.05, 0.1) is 22.9 Å². The second-order valence-corrected chi connectivity index (χ2v) is 8.76. The molecule has 7 nitrogen and oxygen atoms in total. The average molecular weight is 466 g/mol. The molecule has 2 aromatic carbocycles. The summed E-state index contributed by atoms with van der Waals surface area (Å²) in [5.41, 5.74) is 1.31.